The van der Waals surface area contributed by atoms with Crippen molar-refractivity contribution >= 4 is 39.8 Å². The second kappa shape index (κ2) is 9.97. The van der Waals surface area contributed by atoms with Gasteiger partial charge in [0.2, 0.25) is 11.3 Å². The minimum absolute atomic E-state index is 0.0192. The fraction of sp³-hybridized carbons (Fsp3) is 0.370. The lowest BCUT2D eigenvalue weighted by Gasteiger charge is -2.39. The maximum atomic E-state index is 15.5. The van der Waals surface area contributed by atoms with Crippen LogP contribution in [-0.2, 0) is 4.79 Å². The van der Waals surface area contributed by atoms with Crippen LogP contribution in [0.3, 0.4) is 0 Å². The number of ether oxygens (including phenoxy) is 1. The van der Waals surface area contributed by atoms with Gasteiger partial charge in [-0.2, -0.15) is 0 Å². The number of halogens is 2. The van der Waals surface area contributed by atoms with Crippen molar-refractivity contribution in [2.45, 2.75) is 18.9 Å². The monoisotopic (exact) mass is 554 g/mol. The summed E-state index contributed by atoms with van der Waals surface area (Å²) in [4.78, 5) is 40.4. The van der Waals surface area contributed by atoms with E-state index in [-0.39, 0.29) is 35.5 Å². The van der Waals surface area contributed by atoms with E-state index in [1.807, 2.05) is 4.90 Å². The summed E-state index contributed by atoms with van der Waals surface area (Å²) in [5, 5.41) is 16.8. The molecule has 40 heavy (non-hydrogen) atoms. The first kappa shape index (κ1) is 25.9. The second-order valence-corrected chi connectivity index (χ2v) is 10.2. The van der Waals surface area contributed by atoms with Gasteiger partial charge in [-0.05, 0) is 43.7 Å². The van der Waals surface area contributed by atoms with Crippen LogP contribution in [0, 0.1) is 11.6 Å². The number of carbonyl (C=O) groups is 2. The summed E-state index contributed by atoms with van der Waals surface area (Å²) in [6.07, 6.45) is 2.90. The fourth-order valence-corrected chi connectivity index (χ4v) is 5.62. The molecule has 0 spiro atoms. The number of aromatic carboxylic acids is 1. The number of hydrogen-bond donors (Lipinski definition) is 3. The zero-order chi connectivity index (χ0) is 28.1. The first-order valence-corrected chi connectivity index (χ1v) is 13.1. The number of pyridine rings is 1. The molecule has 6 rings (SSSR count). The van der Waals surface area contributed by atoms with Crippen LogP contribution in [0.4, 0.5) is 25.8 Å². The van der Waals surface area contributed by atoms with Crippen molar-refractivity contribution in [1.29, 1.82) is 0 Å². The second-order valence-electron chi connectivity index (χ2n) is 10.2. The number of aromatic nitrogens is 1. The van der Waals surface area contributed by atoms with Crippen molar-refractivity contribution in [2.24, 2.45) is 0 Å². The number of carboxylic acids is 1. The molecule has 11 nitrogen and oxygen atoms in total. The quantitative estimate of drug-likeness (QED) is 0.435. The summed E-state index contributed by atoms with van der Waals surface area (Å²) in [5.41, 5.74) is -0.0193. The number of hydrogen-bond acceptors (Lipinski definition) is 8. The van der Waals surface area contributed by atoms with Gasteiger partial charge in [0, 0.05) is 45.1 Å². The summed E-state index contributed by atoms with van der Waals surface area (Å²) in [6.45, 7) is 2.27. The molecule has 0 bridgehead atoms. The zero-order valence-corrected chi connectivity index (χ0v) is 21.7. The highest BCUT2D eigenvalue weighted by Gasteiger charge is 2.31. The number of rotatable bonds is 5. The Morgan fingerprint density at radius 3 is 2.52 bits per heavy atom. The van der Waals surface area contributed by atoms with Crippen LogP contribution in [0.25, 0.3) is 10.9 Å². The van der Waals surface area contributed by atoms with Crippen molar-refractivity contribution < 1.29 is 28.2 Å². The van der Waals surface area contributed by atoms with Crippen molar-refractivity contribution in [3.63, 3.8) is 0 Å². The van der Waals surface area contributed by atoms with E-state index in [1.54, 1.807) is 29.1 Å². The van der Waals surface area contributed by atoms with E-state index in [0.717, 1.165) is 25.5 Å². The van der Waals surface area contributed by atoms with Gasteiger partial charge >= 0.3 is 5.97 Å². The summed E-state index contributed by atoms with van der Waals surface area (Å²) in [7, 11) is 1.66. The lowest BCUT2D eigenvalue weighted by Crippen LogP contribution is -2.47. The van der Waals surface area contributed by atoms with Gasteiger partial charge in [0.25, 0.3) is 0 Å². The predicted octanol–water partition coefficient (Wildman–Crippen LogP) is 1.91. The van der Waals surface area contributed by atoms with Crippen LogP contribution in [0.2, 0.25) is 0 Å². The number of nitrogens with one attached hydrogen (secondary N) is 2. The van der Waals surface area contributed by atoms with E-state index in [2.05, 4.69) is 10.6 Å². The molecule has 1 aromatic heterocycles. The zero-order valence-electron chi connectivity index (χ0n) is 21.7. The highest BCUT2D eigenvalue weighted by Crippen LogP contribution is 2.40. The summed E-state index contributed by atoms with van der Waals surface area (Å²) < 4.78 is 38.0. The van der Waals surface area contributed by atoms with Crippen LogP contribution in [-0.4, -0.2) is 74.2 Å². The minimum Gasteiger partial charge on any atom is -0.477 e. The Balaban J connectivity index is 1.24. The average molecular weight is 555 g/mol. The van der Waals surface area contributed by atoms with E-state index in [9.17, 15) is 19.5 Å². The molecule has 2 saturated heterocycles. The van der Waals surface area contributed by atoms with E-state index >= 15 is 8.78 Å². The molecular weight excluding hydrogens is 526 g/mol. The number of carbonyl (C=O) groups excluding carboxylic acids is 1. The molecule has 1 amide bonds. The first-order valence-electron chi connectivity index (χ1n) is 13.1. The van der Waals surface area contributed by atoms with E-state index in [0.29, 0.717) is 43.1 Å². The molecule has 210 valence electrons. The van der Waals surface area contributed by atoms with Crippen molar-refractivity contribution in [3.05, 3.63) is 57.9 Å². The van der Waals surface area contributed by atoms with Crippen molar-refractivity contribution in [3.8, 4) is 5.75 Å². The lowest BCUT2D eigenvalue weighted by molar-refractivity contribution is -0.117. The van der Waals surface area contributed by atoms with Gasteiger partial charge < -0.3 is 30.3 Å². The highest BCUT2D eigenvalue weighted by atomic mass is 19.1. The Morgan fingerprint density at radius 2 is 1.85 bits per heavy atom. The average Bonchev–Trinajstić information content (AvgIpc) is 3.47. The van der Waals surface area contributed by atoms with Crippen LogP contribution in [0.15, 0.2) is 35.3 Å². The number of anilines is 3. The van der Waals surface area contributed by atoms with Crippen molar-refractivity contribution in [2.75, 3.05) is 66.6 Å². The molecule has 13 heteroatoms. The van der Waals surface area contributed by atoms with Crippen LogP contribution in [0.5, 0.6) is 5.75 Å². The Morgan fingerprint density at radius 1 is 1.10 bits per heavy atom. The number of benzene rings is 2. The molecule has 2 fully saturated rings. The van der Waals surface area contributed by atoms with Gasteiger partial charge in [-0.3, -0.25) is 19.3 Å². The van der Waals surface area contributed by atoms with E-state index in [1.165, 1.54) is 16.9 Å². The van der Waals surface area contributed by atoms with Crippen molar-refractivity contribution in [1.82, 2.24) is 9.99 Å². The number of nitrogens with zero attached hydrogens (tertiary/aromatic N) is 4. The van der Waals surface area contributed by atoms with E-state index in [4.69, 9.17) is 4.74 Å². The van der Waals surface area contributed by atoms with E-state index < -0.39 is 28.6 Å². The Labute approximate surface area is 227 Å². The number of amides is 1. The lowest BCUT2D eigenvalue weighted by atomic mass is 10.1. The molecule has 1 atom stereocenters. The van der Waals surface area contributed by atoms with Crippen LogP contribution < -0.4 is 35.6 Å². The summed E-state index contributed by atoms with van der Waals surface area (Å²) >= 11 is 0. The van der Waals surface area contributed by atoms with Gasteiger partial charge in [-0.15, -0.1) is 0 Å². The van der Waals surface area contributed by atoms with Gasteiger partial charge in [0.1, 0.15) is 22.6 Å². The molecule has 3 aromatic rings. The summed E-state index contributed by atoms with van der Waals surface area (Å²) in [5.74, 6) is -2.58. The maximum absolute atomic E-state index is 15.5. The largest absolute Gasteiger partial charge is 0.477 e. The highest BCUT2D eigenvalue weighted by molar-refractivity contribution is 5.97. The third-order valence-electron chi connectivity index (χ3n) is 7.67. The molecule has 0 radical (unpaired) electrons. The standard InChI is InChI=1S/C27H28F2N6O5/c1-32-14-40-25-22-16(24(36)17(27(38)39)13-35(22)32)12-19(29)23(25)34-9-7-33(8-10-34)21-5-4-15(11-18(21)28)31-26(37)20-3-2-6-30-20/h4-5,11-13,20,30H,2-3,6-10,14H2,1H3,(H,31,37)(H,38,39). The van der Waals surface area contributed by atoms with Gasteiger partial charge in [0.15, 0.2) is 18.3 Å². The number of carboxylic acid groups (broad SMARTS) is 1. The molecule has 3 N–H and O–H groups in total. The number of piperazine rings is 1. The Hall–Kier alpha value is -4.39. The molecular formula is C27H28F2N6O5. The minimum atomic E-state index is -1.40. The van der Waals surface area contributed by atoms with Crippen LogP contribution in [0.1, 0.15) is 23.2 Å². The maximum Gasteiger partial charge on any atom is 0.341 e. The van der Waals surface area contributed by atoms with Crippen LogP contribution >= 0.6 is 0 Å². The SMILES string of the molecule is CN1COc2c(N3CCN(c4ccc(NC(=O)C5CCCN5)cc4F)CC3)c(F)cc3c(=O)c(C(=O)O)cn1c23. The molecule has 4 heterocycles. The smallest absolute Gasteiger partial charge is 0.341 e. The summed E-state index contributed by atoms with van der Waals surface area (Å²) in [6, 6.07) is 5.38. The Kier molecular flexibility index (Phi) is 6.45. The topological polar surface area (TPSA) is 119 Å². The Bertz CT molecular complexity index is 1580. The molecule has 3 aliphatic rings. The molecule has 0 saturated carbocycles. The molecule has 0 aliphatic carbocycles. The van der Waals surface area contributed by atoms with Gasteiger partial charge in [0.05, 0.1) is 17.1 Å². The van der Waals surface area contributed by atoms with Gasteiger partial charge in [-0.25, -0.2) is 13.6 Å². The molecule has 3 aliphatic heterocycles. The molecule has 2 aromatic carbocycles. The third-order valence-corrected chi connectivity index (χ3v) is 7.67. The first-order chi connectivity index (χ1) is 19.2. The fourth-order valence-electron chi connectivity index (χ4n) is 5.62. The third kappa shape index (κ3) is 4.35. The normalized spacial score (nSPS) is 18.7. The van der Waals surface area contributed by atoms with Gasteiger partial charge in [-0.1, -0.05) is 0 Å². The predicted molar refractivity (Wildman–Crippen MR) is 145 cm³/mol. The molecule has 1 unspecified atom stereocenters.